The Kier molecular flexibility index (Phi) is 7.64. The number of hydrogen-bond donors (Lipinski definition) is 1. The molecule has 0 saturated carbocycles. The average Bonchev–Trinajstić information content (AvgIpc) is 3.27. The van der Waals surface area contributed by atoms with Gasteiger partial charge in [-0.25, -0.2) is 18.0 Å². The summed E-state index contributed by atoms with van der Waals surface area (Å²) in [7, 11) is -2.48. The standard InChI is InChI=1S/C21H24N2O7S2/c1-3-30-20(25)15-4-6-16(7-5-15)32(27,28)23-11-8-14(9-12-23)19(24)22-17-10-13-31-18(17)21(26)29-2/h4-7,10,13-14H,3,8-9,11-12H2,1-2H3,(H,22,24). The SMILES string of the molecule is CCOC(=O)c1ccc(S(=O)(=O)N2CCC(C(=O)Nc3ccsc3C(=O)OC)CC2)cc1. The highest BCUT2D eigenvalue weighted by atomic mass is 32.2. The van der Waals surface area contributed by atoms with E-state index in [4.69, 9.17) is 9.47 Å². The van der Waals surface area contributed by atoms with Crippen LogP contribution in [-0.2, 0) is 24.3 Å². The van der Waals surface area contributed by atoms with Crippen molar-refractivity contribution in [2.75, 3.05) is 32.1 Å². The van der Waals surface area contributed by atoms with Gasteiger partial charge in [0.15, 0.2) is 0 Å². The number of nitrogens with one attached hydrogen (secondary N) is 1. The summed E-state index contributed by atoms with van der Waals surface area (Å²) in [4.78, 5) is 36.6. The second kappa shape index (κ2) is 10.2. The van der Waals surface area contributed by atoms with E-state index in [1.54, 1.807) is 18.4 Å². The summed E-state index contributed by atoms with van der Waals surface area (Å²) in [6.45, 7) is 2.30. The summed E-state index contributed by atoms with van der Waals surface area (Å²) >= 11 is 1.17. The molecule has 3 rings (SSSR count). The lowest BCUT2D eigenvalue weighted by Crippen LogP contribution is -2.41. The van der Waals surface area contributed by atoms with Gasteiger partial charge in [-0.2, -0.15) is 4.31 Å². The molecule has 1 aliphatic heterocycles. The number of piperidine rings is 1. The lowest BCUT2D eigenvalue weighted by Gasteiger charge is -2.30. The zero-order valence-corrected chi connectivity index (χ0v) is 19.3. The minimum absolute atomic E-state index is 0.0782. The van der Waals surface area contributed by atoms with E-state index in [0.29, 0.717) is 23.4 Å². The van der Waals surface area contributed by atoms with E-state index < -0.39 is 22.0 Å². The third-order valence-electron chi connectivity index (χ3n) is 5.12. The normalized spacial score (nSPS) is 15.2. The monoisotopic (exact) mass is 480 g/mol. The Bertz CT molecular complexity index is 1090. The zero-order valence-electron chi connectivity index (χ0n) is 17.7. The molecular weight excluding hydrogens is 456 g/mol. The van der Waals surface area contributed by atoms with Gasteiger partial charge in [-0.15, -0.1) is 11.3 Å². The highest BCUT2D eigenvalue weighted by molar-refractivity contribution is 7.89. The molecule has 2 heterocycles. The maximum absolute atomic E-state index is 12.9. The van der Waals surface area contributed by atoms with Crippen molar-refractivity contribution in [3.63, 3.8) is 0 Å². The highest BCUT2D eigenvalue weighted by Gasteiger charge is 2.32. The number of thiophene rings is 1. The van der Waals surface area contributed by atoms with Crippen molar-refractivity contribution in [2.45, 2.75) is 24.7 Å². The number of ether oxygens (including phenoxy) is 2. The van der Waals surface area contributed by atoms with Crippen LogP contribution in [0.25, 0.3) is 0 Å². The van der Waals surface area contributed by atoms with Crippen LogP contribution in [0.2, 0.25) is 0 Å². The summed E-state index contributed by atoms with van der Waals surface area (Å²) in [6.07, 6.45) is 0.702. The summed E-state index contributed by atoms with van der Waals surface area (Å²) in [5, 5.41) is 4.43. The number of benzene rings is 1. The average molecular weight is 481 g/mol. The molecule has 0 bridgehead atoms. The first-order valence-corrected chi connectivity index (χ1v) is 12.3. The van der Waals surface area contributed by atoms with Crippen LogP contribution in [0.15, 0.2) is 40.6 Å². The highest BCUT2D eigenvalue weighted by Crippen LogP contribution is 2.27. The third kappa shape index (κ3) is 5.17. The second-order valence-corrected chi connectivity index (χ2v) is 9.92. The van der Waals surface area contributed by atoms with Crippen molar-refractivity contribution in [1.29, 1.82) is 0 Å². The van der Waals surface area contributed by atoms with Crippen molar-refractivity contribution in [2.24, 2.45) is 5.92 Å². The predicted molar refractivity (Wildman–Crippen MR) is 118 cm³/mol. The molecule has 0 radical (unpaired) electrons. The van der Waals surface area contributed by atoms with Crippen molar-refractivity contribution >= 4 is 44.9 Å². The van der Waals surface area contributed by atoms with Crippen LogP contribution in [0.4, 0.5) is 5.69 Å². The molecule has 0 atom stereocenters. The fraction of sp³-hybridized carbons (Fsp3) is 0.381. The molecule has 1 aliphatic rings. The third-order valence-corrected chi connectivity index (χ3v) is 7.93. The first kappa shape index (κ1) is 23.9. The number of sulfonamides is 1. The van der Waals surface area contributed by atoms with E-state index in [-0.39, 0.29) is 42.0 Å². The molecule has 0 spiro atoms. The zero-order chi connectivity index (χ0) is 23.3. The van der Waals surface area contributed by atoms with Crippen molar-refractivity contribution in [1.82, 2.24) is 4.31 Å². The number of esters is 2. The molecule has 172 valence electrons. The van der Waals surface area contributed by atoms with Gasteiger partial charge in [-0.05, 0) is 55.5 Å². The minimum atomic E-state index is -3.75. The molecule has 32 heavy (non-hydrogen) atoms. The number of carbonyl (C=O) groups is 3. The van der Waals surface area contributed by atoms with Gasteiger partial charge in [-0.3, -0.25) is 4.79 Å². The smallest absolute Gasteiger partial charge is 0.350 e. The number of nitrogens with zero attached hydrogens (tertiary/aromatic N) is 1. The number of carbonyl (C=O) groups excluding carboxylic acids is 3. The fourth-order valence-electron chi connectivity index (χ4n) is 3.38. The van der Waals surface area contributed by atoms with E-state index in [0.717, 1.165) is 0 Å². The van der Waals surface area contributed by atoms with E-state index >= 15 is 0 Å². The van der Waals surface area contributed by atoms with Crippen molar-refractivity contribution < 1.29 is 32.3 Å². The summed E-state index contributed by atoms with van der Waals surface area (Å²) in [5.41, 5.74) is 0.671. The number of rotatable bonds is 7. The van der Waals surface area contributed by atoms with E-state index in [2.05, 4.69) is 5.32 Å². The number of amides is 1. The number of hydrogen-bond acceptors (Lipinski definition) is 8. The largest absolute Gasteiger partial charge is 0.465 e. The Hall–Kier alpha value is -2.76. The molecule has 11 heteroatoms. The van der Waals surface area contributed by atoms with Gasteiger partial charge >= 0.3 is 11.9 Å². The van der Waals surface area contributed by atoms with Gasteiger partial charge in [0.1, 0.15) is 4.88 Å². The maximum atomic E-state index is 12.9. The molecule has 1 fully saturated rings. The quantitative estimate of drug-likeness (QED) is 0.605. The van der Waals surface area contributed by atoms with Gasteiger partial charge in [0.05, 0.1) is 29.9 Å². The fourth-order valence-corrected chi connectivity index (χ4v) is 5.61. The van der Waals surface area contributed by atoms with Crippen LogP contribution in [0, 0.1) is 5.92 Å². The van der Waals surface area contributed by atoms with Crippen LogP contribution in [0.1, 0.15) is 39.8 Å². The predicted octanol–water partition coefficient (Wildman–Crippen LogP) is 2.75. The van der Waals surface area contributed by atoms with E-state index in [1.165, 1.54) is 47.0 Å². The molecule has 2 aromatic rings. The molecular formula is C21H24N2O7S2. The molecule has 1 saturated heterocycles. The Labute approximate surface area is 190 Å². The number of anilines is 1. The van der Waals surface area contributed by atoms with Crippen LogP contribution < -0.4 is 5.32 Å². The van der Waals surface area contributed by atoms with Gasteiger partial charge in [-0.1, -0.05) is 0 Å². The van der Waals surface area contributed by atoms with Crippen molar-refractivity contribution in [3.05, 3.63) is 46.2 Å². The summed E-state index contributed by atoms with van der Waals surface area (Å²) in [5.74, 6) is -1.67. The summed E-state index contributed by atoms with van der Waals surface area (Å²) < 4.78 is 36.8. The van der Waals surface area contributed by atoms with Gasteiger partial charge < -0.3 is 14.8 Å². The van der Waals surface area contributed by atoms with Crippen LogP contribution in [0.3, 0.4) is 0 Å². The lowest BCUT2D eigenvalue weighted by molar-refractivity contribution is -0.120. The van der Waals surface area contributed by atoms with Gasteiger partial charge in [0, 0.05) is 19.0 Å². The molecule has 1 N–H and O–H groups in total. The first-order valence-electron chi connectivity index (χ1n) is 10.0. The van der Waals surface area contributed by atoms with Gasteiger partial charge in [0.2, 0.25) is 15.9 Å². The molecule has 1 amide bonds. The number of methoxy groups -OCH3 is 1. The Morgan fingerprint density at radius 3 is 2.34 bits per heavy atom. The van der Waals surface area contributed by atoms with Crippen LogP contribution in [0.5, 0.6) is 0 Å². The summed E-state index contributed by atoms with van der Waals surface area (Å²) in [6, 6.07) is 7.24. The molecule has 0 aliphatic carbocycles. The topological polar surface area (TPSA) is 119 Å². The molecule has 1 aromatic carbocycles. The second-order valence-electron chi connectivity index (χ2n) is 7.07. The van der Waals surface area contributed by atoms with Crippen molar-refractivity contribution in [3.8, 4) is 0 Å². The minimum Gasteiger partial charge on any atom is -0.465 e. The van der Waals surface area contributed by atoms with Crippen LogP contribution >= 0.6 is 11.3 Å². The Morgan fingerprint density at radius 2 is 1.75 bits per heavy atom. The van der Waals surface area contributed by atoms with E-state index in [9.17, 15) is 22.8 Å². The Morgan fingerprint density at radius 1 is 1.09 bits per heavy atom. The lowest BCUT2D eigenvalue weighted by atomic mass is 9.97. The van der Waals surface area contributed by atoms with Gasteiger partial charge in [0.25, 0.3) is 0 Å². The molecule has 9 nitrogen and oxygen atoms in total. The molecule has 0 unspecified atom stereocenters. The maximum Gasteiger partial charge on any atom is 0.350 e. The van der Waals surface area contributed by atoms with E-state index in [1.807, 2.05) is 0 Å². The Balaban J connectivity index is 1.61. The van der Waals surface area contributed by atoms with Crippen LogP contribution in [-0.4, -0.2) is 57.4 Å². The molecule has 1 aromatic heterocycles. The first-order chi connectivity index (χ1) is 15.3.